The summed E-state index contributed by atoms with van der Waals surface area (Å²) >= 11 is 0. The molecule has 2 N–H and O–H groups in total. The third-order valence-electron chi connectivity index (χ3n) is 5.77. The number of nitrogens with one attached hydrogen (secondary N) is 2. The molecule has 0 radical (unpaired) electrons. The zero-order valence-corrected chi connectivity index (χ0v) is 20.3. The third-order valence-corrected chi connectivity index (χ3v) is 5.77. The zero-order valence-electron chi connectivity index (χ0n) is 20.3. The summed E-state index contributed by atoms with van der Waals surface area (Å²) in [6, 6.07) is 12.8. The number of alkyl halides is 3. The Morgan fingerprint density at radius 2 is 1.68 bits per heavy atom. The van der Waals surface area contributed by atoms with Crippen LogP contribution in [0.3, 0.4) is 0 Å². The largest absolute Gasteiger partial charge is 0.497 e. The molecule has 0 aliphatic heterocycles. The number of rotatable bonds is 9. The van der Waals surface area contributed by atoms with E-state index in [1.165, 1.54) is 12.1 Å². The number of nitrogens with zero attached hydrogens (tertiary/aromatic N) is 6. The van der Waals surface area contributed by atoms with Crippen LogP contribution in [-0.4, -0.2) is 43.1 Å². The summed E-state index contributed by atoms with van der Waals surface area (Å²) in [5.74, 6) is 2.04. The normalized spacial score (nSPS) is 11.5. The van der Waals surface area contributed by atoms with Gasteiger partial charge < -0.3 is 19.9 Å². The van der Waals surface area contributed by atoms with Gasteiger partial charge in [-0.05, 0) is 41.8 Å². The first kappa shape index (κ1) is 24.9. The number of imidazole rings is 1. The molecule has 3 heterocycles. The highest BCUT2D eigenvalue weighted by Gasteiger charge is 2.30. The number of anilines is 3. The lowest BCUT2D eigenvalue weighted by atomic mass is 10.1. The Balaban J connectivity index is 1.41. The number of benzene rings is 2. The van der Waals surface area contributed by atoms with Gasteiger partial charge in [0.25, 0.3) is 0 Å². The highest BCUT2D eigenvalue weighted by molar-refractivity contribution is 5.84. The zero-order chi connectivity index (χ0) is 26.5. The summed E-state index contributed by atoms with van der Waals surface area (Å²) in [6.07, 6.45) is 2.58. The second kappa shape index (κ2) is 10.7. The topological polar surface area (TPSA) is 103 Å². The van der Waals surface area contributed by atoms with E-state index < -0.39 is 11.7 Å². The van der Waals surface area contributed by atoms with Gasteiger partial charge in [-0.15, -0.1) is 0 Å². The molecule has 0 fully saturated rings. The maximum atomic E-state index is 13.0. The van der Waals surface area contributed by atoms with Crippen LogP contribution in [0.2, 0.25) is 0 Å². The molecule has 0 spiro atoms. The number of hydrogen-bond acceptors (Lipinski definition) is 8. The molecule has 0 atom stereocenters. The first-order chi connectivity index (χ1) is 18.4. The van der Waals surface area contributed by atoms with Crippen molar-refractivity contribution in [3.8, 4) is 5.75 Å². The van der Waals surface area contributed by atoms with Crippen LogP contribution in [0, 0.1) is 0 Å². The van der Waals surface area contributed by atoms with E-state index >= 15 is 0 Å². The van der Waals surface area contributed by atoms with Gasteiger partial charge in [0, 0.05) is 18.9 Å². The van der Waals surface area contributed by atoms with Gasteiger partial charge in [-0.2, -0.15) is 23.1 Å². The molecule has 0 saturated heterocycles. The fourth-order valence-electron chi connectivity index (χ4n) is 3.83. The summed E-state index contributed by atoms with van der Waals surface area (Å²) in [4.78, 5) is 21.9. The number of hydrogen-bond donors (Lipinski definition) is 2. The highest BCUT2D eigenvalue weighted by Crippen LogP contribution is 2.29. The Morgan fingerprint density at radius 3 is 2.37 bits per heavy atom. The molecule has 0 amide bonds. The van der Waals surface area contributed by atoms with E-state index in [4.69, 9.17) is 4.74 Å². The quantitative estimate of drug-likeness (QED) is 0.277. The van der Waals surface area contributed by atoms with E-state index in [0.29, 0.717) is 34.9 Å². The molecule has 0 aliphatic carbocycles. The van der Waals surface area contributed by atoms with E-state index in [1.807, 2.05) is 24.3 Å². The lowest BCUT2D eigenvalue weighted by Crippen LogP contribution is -2.10. The molecule has 0 unspecified atom stereocenters. The second-order valence-corrected chi connectivity index (χ2v) is 8.38. The van der Waals surface area contributed by atoms with Crippen LogP contribution in [0.15, 0.2) is 73.4 Å². The van der Waals surface area contributed by atoms with Crippen molar-refractivity contribution in [1.82, 2.24) is 29.5 Å². The average molecular weight is 521 g/mol. The second-order valence-electron chi connectivity index (χ2n) is 8.38. The average Bonchev–Trinajstić information content (AvgIpc) is 3.32. The van der Waals surface area contributed by atoms with E-state index in [-0.39, 0.29) is 12.5 Å². The minimum Gasteiger partial charge on any atom is -0.497 e. The summed E-state index contributed by atoms with van der Waals surface area (Å²) < 4.78 is 45.8. The predicted octanol–water partition coefficient (Wildman–Crippen LogP) is 5.09. The highest BCUT2D eigenvalue weighted by atomic mass is 19.4. The van der Waals surface area contributed by atoms with Gasteiger partial charge in [0.05, 0.1) is 31.7 Å². The summed E-state index contributed by atoms with van der Waals surface area (Å²) in [5.41, 5.74) is 2.15. The predicted molar refractivity (Wildman–Crippen MR) is 136 cm³/mol. The Kier molecular flexibility index (Phi) is 7.03. The van der Waals surface area contributed by atoms with Gasteiger partial charge in [0.2, 0.25) is 5.95 Å². The van der Waals surface area contributed by atoms with Crippen molar-refractivity contribution in [2.45, 2.75) is 19.1 Å². The molecule has 0 bridgehead atoms. The molecule has 3 aromatic heterocycles. The van der Waals surface area contributed by atoms with Crippen LogP contribution in [0.4, 0.5) is 30.8 Å². The molecule has 0 aliphatic rings. The van der Waals surface area contributed by atoms with Crippen LogP contribution in [-0.2, 0) is 19.1 Å². The van der Waals surface area contributed by atoms with E-state index in [2.05, 4.69) is 35.6 Å². The Labute approximate surface area is 215 Å². The monoisotopic (exact) mass is 520 g/mol. The number of methoxy groups -OCH3 is 1. The van der Waals surface area contributed by atoms with Crippen molar-refractivity contribution in [2.24, 2.45) is 0 Å². The van der Waals surface area contributed by atoms with Crippen molar-refractivity contribution in [1.29, 1.82) is 0 Å². The van der Waals surface area contributed by atoms with Gasteiger partial charge in [-0.3, -0.25) is 4.98 Å². The Bertz CT molecular complexity index is 1500. The van der Waals surface area contributed by atoms with Crippen molar-refractivity contribution >= 4 is 28.7 Å². The summed E-state index contributed by atoms with van der Waals surface area (Å²) in [5, 5.41) is 6.38. The van der Waals surface area contributed by atoms with E-state index in [0.717, 1.165) is 29.9 Å². The van der Waals surface area contributed by atoms with Gasteiger partial charge in [-0.1, -0.05) is 24.3 Å². The Hall–Kier alpha value is -4.74. The third kappa shape index (κ3) is 5.80. The van der Waals surface area contributed by atoms with Crippen LogP contribution in [0.1, 0.15) is 16.7 Å². The van der Waals surface area contributed by atoms with E-state index in [1.54, 1.807) is 36.6 Å². The van der Waals surface area contributed by atoms with Gasteiger partial charge >= 0.3 is 6.18 Å². The molecule has 5 aromatic rings. The molecule has 2 aromatic carbocycles. The van der Waals surface area contributed by atoms with Crippen molar-refractivity contribution in [2.75, 3.05) is 24.3 Å². The van der Waals surface area contributed by atoms with Gasteiger partial charge in [0.15, 0.2) is 22.8 Å². The number of fused-ring (bicyclic) bond motifs is 1. The van der Waals surface area contributed by atoms with Gasteiger partial charge in [0.1, 0.15) is 5.75 Å². The first-order valence-electron chi connectivity index (χ1n) is 11.7. The number of aromatic nitrogens is 6. The van der Waals surface area contributed by atoms with Crippen molar-refractivity contribution in [3.63, 3.8) is 0 Å². The van der Waals surface area contributed by atoms with Crippen LogP contribution < -0.4 is 15.4 Å². The molecule has 194 valence electrons. The summed E-state index contributed by atoms with van der Waals surface area (Å²) in [7, 11) is 1.63. The fourth-order valence-corrected chi connectivity index (χ4v) is 3.83. The molecular formula is C26H23F3N8O. The van der Waals surface area contributed by atoms with Crippen LogP contribution in [0.5, 0.6) is 5.75 Å². The van der Waals surface area contributed by atoms with Crippen molar-refractivity contribution < 1.29 is 17.9 Å². The molecular weight excluding hydrogens is 497 g/mol. The van der Waals surface area contributed by atoms with Crippen molar-refractivity contribution in [3.05, 3.63) is 90.1 Å². The summed E-state index contributed by atoms with van der Waals surface area (Å²) in [6.45, 7) is 0.857. The van der Waals surface area contributed by atoms with Crippen LogP contribution >= 0.6 is 0 Å². The van der Waals surface area contributed by atoms with E-state index in [9.17, 15) is 13.2 Å². The lowest BCUT2D eigenvalue weighted by Gasteiger charge is -2.11. The first-order valence-corrected chi connectivity index (χ1v) is 11.7. The minimum atomic E-state index is -4.39. The van der Waals surface area contributed by atoms with Gasteiger partial charge in [-0.25, -0.2) is 9.97 Å². The standard InChI is InChI=1S/C26H23F3N8O/c1-38-20-8-4-17(5-9-20)10-11-32-23-22-24(36-25(35-23)34-21-14-30-12-13-31-21)37(16-33-22)15-18-2-6-19(7-3-18)26(27,28)29/h2-9,12-14,16H,10-11,15H2,1H3,(H2,31,32,34,35,36). The number of halogens is 3. The smallest absolute Gasteiger partial charge is 0.416 e. The maximum absolute atomic E-state index is 13.0. The fraction of sp³-hybridized carbons (Fsp3) is 0.192. The number of ether oxygens (including phenoxy) is 1. The molecule has 9 nitrogen and oxygen atoms in total. The minimum absolute atomic E-state index is 0.277. The molecule has 0 saturated carbocycles. The molecule has 38 heavy (non-hydrogen) atoms. The molecule has 12 heteroatoms. The van der Waals surface area contributed by atoms with Crippen LogP contribution in [0.25, 0.3) is 11.2 Å². The maximum Gasteiger partial charge on any atom is 0.416 e. The Morgan fingerprint density at radius 1 is 0.921 bits per heavy atom. The SMILES string of the molecule is COc1ccc(CCNc2nc(Nc3cnccn3)nc3c2ncn3Cc2ccc(C(F)(F)F)cc2)cc1. The lowest BCUT2D eigenvalue weighted by molar-refractivity contribution is -0.137. The molecule has 5 rings (SSSR count).